The molecule has 1 N–H and O–H groups in total. The fourth-order valence-electron chi connectivity index (χ4n) is 4.85. The highest BCUT2D eigenvalue weighted by molar-refractivity contribution is 6.07. The highest BCUT2D eigenvalue weighted by Gasteiger charge is 2.31. The third-order valence-corrected chi connectivity index (χ3v) is 6.49. The lowest BCUT2D eigenvalue weighted by molar-refractivity contribution is 0.0578. The number of carbonyl (C=O) groups is 1. The van der Waals surface area contributed by atoms with Gasteiger partial charge in [-0.2, -0.15) is 0 Å². The number of pyridine rings is 1. The van der Waals surface area contributed by atoms with Crippen LogP contribution < -0.4 is 19.8 Å². The van der Waals surface area contributed by atoms with Gasteiger partial charge in [0.05, 0.1) is 34.5 Å². The smallest absolute Gasteiger partial charge is 0.355 e. The van der Waals surface area contributed by atoms with E-state index in [1.807, 2.05) is 12.1 Å². The molecule has 34 heavy (non-hydrogen) atoms. The molecule has 0 aliphatic heterocycles. The van der Waals surface area contributed by atoms with Gasteiger partial charge in [-0.1, -0.05) is 18.2 Å². The predicted molar refractivity (Wildman–Crippen MR) is 128 cm³/mol. The Labute approximate surface area is 197 Å². The van der Waals surface area contributed by atoms with E-state index in [0.29, 0.717) is 64.8 Å². The van der Waals surface area contributed by atoms with Gasteiger partial charge in [0.25, 0.3) is 5.56 Å². The first-order chi connectivity index (χ1) is 16.4. The van der Waals surface area contributed by atoms with Crippen molar-refractivity contribution in [3.63, 3.8) is 0 Å². The molecule has 1 aliphatic rings. The molecule has 3 aromatic rings. The van der Waals surface area contributed by atoms with Crippen LogP contribution in [0.3, 0.4) is 0 Å². The van der Waals surface area contributed by atoms with Crippen LogP contribution >= 0.6 is 0 Å². The van der Waals surface area contributed by atoms with E-state index in [2.05, 4.69) is 0 Å². The van der Waals surface area contributed by atoms with E-state index in [1.165, 1.54) is 28.4 Å². The Morgan fingerprint density at radius 1 is 0.912 bits per heavy atom. The average molecular weight is 468 g/mol. The van der Waals surface area contributed by atoms with Crippen LogP contribution in [-0.4, -0.2) is 50.2 Å². The monoisotopic (exact) mass is 467 g/mol. The van der Waals surface area contributed by atoms with E-state index in [0.717, 1.165) is 0 Å². The van der Waals surface area contributed by atoms with Crippen molar-refractivity contribution in [1.82, 2.24) is 4.57 Å². The lowest BCUT2D eigenvalue weighted by Gasteiger charge is -2.30. The lowest BCUT2D eigenvalue weighted by Crippen LogP contribution is -2.34. The number of benzene rings is 2. The molecule has 1 aliphatic carbocycles. The first kappa shape index (κ1) is 23.6. The first-order valence-corrected chi connectivity index (χ1v) is 11.2. The van der Waals surface area contributed by atoms with Crippen molar-refractivity contribution in [2.24, 2.45) is 0 Å². The molecule has 0 atom stereocenters. The lowest BCUT2D eigenvalue weighted by atomic mass is 9.90. The van der Waals surface area contributed by atoms with Crippen molar-refractivity contribution in [2.45, 2.75) is 37.8 Å². The number of aliphatic hydroxyl groups excluding tert-OH is 1. The fourth-order valence-corrected chi connectivity index (χ4v) is 4.85. The number of methoxy groups -OCH3 is 4. The van der Waals surface area contributed by atoms with Crippen molar-refractivity contribution in [2.75, 3.05) is 28.4 Å². The van der Waals surface area contributed by atoms with Gasteiger partial charge in [-0.05, 0) is 54.8 Å². The molecule has 1 aromatic heterocycles. The topological polar surface area (TPSA) is 96.2 Å². The van der Waals surface area contributed by atoms with Crippen LogP contribution in [-0.2, 0) is 4.74 Å². The fraction of sp³-hybridized carbons (Fsp3) is 0.385. The minimum absolute atomic E-state index is 0.168. The van der Waals surface area contributed by atoms with E-state index < -0.39 is 12.1 Å². The standard InChI is InChI=1S/C26H29NO7/c1-31-20-13-15(14-21(32-2)24(20)33-3)22-18-7-5-6-8-19(18)25(29)27(23(22)26(30)34-4)16-9-11-17(28)12-10-16/h5-8,13-14,16-17,28H,9-12H2,1-4H3/t16-,17-. The van der Waals surface area contributed by atoms with E-state index >= 15 is 0 Å². The molecule has 180 valence electrons. The van der Waals surface area contributed by atoms with Crippen molar-refractivity contribution in [1.29, 1.82) is 0 Å². The van der Waals surface area contributed by atoms with Crippen molar-refractivity contribution >= 4 is 16.7 Å². The molecule has 0 unspecified atom stereocenters. The van der Waals surface area contributed by atoms with Gasteiger partial charge in [-0.3, -0.25) is 9.36 Å². The SMILES string of the molecule is COC(=O)c1c(-c2cc(OC)c(OC)c(OC)c2)c2ccccc2c(=O)n1[C@H]1CC[C@H](O)CC1. The summed E-state index contributed by atoms with van der Waals surface area (Å²) in [7, 11) is 5.87. The quantitative estimate of drug-likeness (QED) is 0.548. The van der Waals surface area contributed by atoms with Gasteiger partial charge in [-0.25, -0.2) is 4.79 Å². The van der Waals surface area contributed by atoms with Crippen LogP contribution in [0, 0.1) is 0 Å². The maximum atomic E-state index is 13.7. The Morgan fingerprint density at radius 2 is 1.50 bits per heavy atom. The van der Waals surface area contributed by atoms with Crippen LogP contribution in [0.4, 0.5) is 0 Å². The summed E-state index contributed by atoms with van der Waals surface area (Å²) < 4.78 is 23.3. The summed E-state index contributed by atoms with van der Waals surface area (Å²) in [4.78, 5) is 26.9. The highest BCUT2D eigenvalue weighted by atomic mass is 16.5. The zero-order valence-corrected chi connectivity index (χ0v) is 19.8. The number of carbonyl (C=O) groups excluding carboxylic acids is 1. The van der Waals surface area contributed by atoms with Crippen LogP contribution in [0.25, 0.3) is 21.9 Å². The largest absolute Gasteiger partial charge is 0.493 e. The molecule has 0 saturated heterocycles. The molecule has 1 saturated carbocycles. The molecule has 0 amide bonds. The summed E-state index contributed by atoms with van der Waals surface area (Å²) >= 11 is 0. The average Bonchev–Trinajstić information content (AvgIpc) is 2.87. The zero-order chi connectivity index (χ0) is 24.4. The van der Waals surface area contributed by atoms with E-state index in [9.17, 15) is 14.7 Å². The number of ether oxygens (including phenoxy) is 4. The van der Waals surface area contributed by atoms with Crippen molar-refractivity contribution < 1.29 is 28.8 Å². The number of hydrogen-bond acceptors (Lipinski definition) is 7. The van der Waals surface area contributed by atoms with Gasteiger partial charge in [0.1, 0.15) is 5.69 Å². The molecule has 1 heterocycles. The van der Waals surface area contributed by atoms with E-state index in [1.54, 1.807) is 28.8 Å². The zero-order valence-electron chi connectivity index (χ0n) is 19.8. The van der Waals surface area contributed by atoms with Gasteiger partial charge in [-0.15, -0.1) is 0 Å². The minimum Gasteiger partial charge on any atom is -0.493 e. The van der Waals surface area contributed by atoms with Crippen molar-refractivity contribution in [3.05, 3.63) is 52.4 Å². The molecular formula is C26H29NO7. The predicted octanol–water partition coefficient (Wildman–Crippen LogP) is 3.96. The number of nitrogens with zero attached hydrogens (tertiary/aromatic N) is 1. The summed E-state index contributed by atoms with van der Waals surface area (Å²) in [6.45, 7) is 0. The van der Waals surface area contributed by atoms with Crippen LogP contribution in [0.1, 0.15) is 42.2 Å². The Bertz CT molecular complexity index is 1250. The Hall–Kier alpha value is -3.52. The number of esters is 1. The summed E-state index contributed by atoms with van der Waals surface area (Å²) in [5, 5.41) is 11.1. The molecule has 8 nitrogen and oxygen atoms in total. The normalized spacial score (nSPS) is 17.9. The molecule has 0 radical (unpaired) electrons. The number of hydrogen-bond donors (Lipinski definition) is 1. The third-order valence-electron chi connectivity index (χ3n) is 6.49. The Kier molecular flexibility index (Phi) is 6.79. The summed E-state index contributed by atoms with van der Waals surface area (Å²) in [5.41, 5.74) is 1.08. The number of rotatable bonds is 6. The van der Waals surface area contributed by atoms with E-state index in [-0.39, 0.29) is 17.3 Å². The first-order valence-electron chi connectivity index (χ1n) is 11.2. The van der Waals surface area contributed by atoms with Gasteiger partial charge >= 0.3 is 5.97 Å². The van der Waals surface area contributed by atoms with Gasteiger partial charge in [0, 0.05) is 17.0 Å². The minimum atomic E-state index is -0.613. The van der Waals surface area contributed by atoms with Gasteiger partial charge in [0.15, 0.2) is 11.5 Å². The van der Waals surface area contributed by atoms with Gasteiger partial charge in [0.2, 0.25) is 5.75 Å². The summed E-state index contributed by atoms with van der Waals surface area (Å²) in [6.07, 6.45) is 1.88. The third kappa shape index (κ3) is 3.98. The van der Waals surface area contributed by atoms with Crippen LogP contribution in [0.2, 0.25) is 0 Å². The molecule has 0 bridgehead atoms. The molecular weight excluding hydrogens is 438 g/mol. The van der Waals surface area contributed by atoms with Crippen molar-refractivity contribution in [3.8, 4) is 28.4 Å². The highest BCUT2D eigenvalue weighted by Crippen LogP contribution is 2.44. The molecule has 0 spiro atoms. The van der Waals surface area contributed by atoms with E-state index in [4.69, 9.17) is 18.9 Å². The molecule has 1 fully saturated rings. The molecule has 2 aromatic carbocycles. The maximum absolute atomic E-state index is 13.7. The summed E-state index contributed by atoms with van der Waals surface area (Å²) in [5.74, 6) is 0.663. The second kappa shape index (κ2) is 9.77. The Balaban J connectivity index is 2.12. The van der Waals surface area contributed by atoms with Crippen LogP contribution in [0.15, 0.2) is 41.2 Å². The van der Waals surface area contributed by atoms with Gasteiger partial charge < -0.3 is 24.1 Å². The molecule has 4 rings (SSSR count). The molecule has 8 heteroatoms. The Morgan fingerprint density at radius 3 is 2.03 bits per heavy atom. The maximum Gasteiger partial charge on any atom is 0.355 e. The second-order valence-corrected chi connectivity index (χ2v) is 8.31. The number of aromatic nitrogens is 1. The number of aliphatic hydroxyl groups is 1. The second-order valence-electron chi connectivity index (χ2n) is 8.31. The van der Waals surface area contributed by atoms with Crippen LogP contribution in [0.5, 0.6) is 17.2 Å². The summed E-state index contributed by atoms with van der Waals surface area (Å²) in [6, 6.07) is 10.5. The number of fused-ring (bicyclic) bond motifs is 1.